The van der Waals surface area contributed by atoms with Crippen LogP contribution in [-0.4, -0.2) is 4.98 Å². The third kappa shape index (κ3) is 2.16. The molecule has 2 heteroatoms. The monoisotopic (exact) mass is 215 g/mol. The van der Waals surface area contributed by atoms with Gasteiger partial charge in [0.25, 0.3) is 0 Å². The van der Waals surface area contributed by atoms with E-state index in [4.69, 9.17) is 4.42 Å². The molecule has 0 aliphatic rings. The number of hydrogen-bond acceptors (Lipinski definition) is 2. The van der Waals surface area contributed by atoms with E-state index in [0.29, 0.717) is 0 Å². The third-order valence-electron chi connectivity index (χ3n) is 2.46. The standard InChI is InChI=1S/C14H17NO/c1-10-6-5-7-11(8-10)12-9-16-13(15-12)14(2,3)4/h5-9H,1-4H3. The molecule has 0 atom stereocenters. The van der Waals surface area contributed by atoms with E-state index in [1.54, 1.807) is 6.26 Å². The molecule has 0 unspecified atom stereocenters. The zero-order chi connectivity index (χ0) is 11.8. The summed E-state index contributed by atoms with van der Waals surface area (Å²) in [5, 5.41) is 0. The number of hydrogen-bond donors (Lipinski definition) is 0. The van der Waals surface area contributed by atoms with Gasteiger partial charge in [-0.05, 0) is 13.0 Å². The van der Waals surface area contributed by atoms with Gasteiger partial charge in [-0.15, -0.1) is 0 Å². The Bertz CT molecular complexity index is 491. The Kier molecular flexibility index (Phi) is 2.58. The number of nitrogens with zero attached hydrogens (tertiary/aromatic N) is 1. The summed E-state index contributed by atoms with van der Waals surface area (Å²) in [7, 11) is 0. The Hall–Kier alpha value is -1.57. The largest absolute Gasteiger partial charge is 0.448 e. The van der Waals surface area contributed by atoms with Crippen LogP contribution in [0.15, 0.2) is 34.9 Å². The highest BCUT2D eigenvalue weighted by molar-refractivity contribution is 5.58. The minimum absolute atomic E-state index is 0.0396. The molecule has 0 saturated carbocycles. The second-order valence-electron chi connectivity index (χ2n) is 5.16. The highest BCUT2D eigenvalue weighted by Gasteiger charge is 2.20. The normalized spacial score (nSPS) is 11.8. The number of aryl methyl sites for hydroxylation is 1. The lowest BCUT2D eigenvalue weighted by Gasteiger charge is -2.11. The Morgan fingerprint density at radius 2 is 1.94 bits per heavy atom. The minimum Gasteiger partial charge on any atom is -0.448 e. The van der Waals surface area contributed by atoms with Crippen molar-refractivity contribution in [3.63, 3.8) is 0 Å². The summed E-state index contributed by atoms with van der Waals surface area (Å²) in [6, 6.07) is 8.28. The molecule has 0 N–H and O–H groups in total. The highest BCUT2D eigenvalue weighted by Crippen LogP contribution is 2.26. The smallest absolute Gasteiger partial charge is 0.199 e. The van der Waals surface area contributed by atoms with Crippen molar-refractivity contribution in [1.82, 2.24) is 4.98 Å². The van der Waals surface area contributed by atoms with Crippen molar-refractivity contribution in [2.45, 2.75) is 33.1 Å². The molecule has 0 aliphatic carbocycles. The molecule has 1 heterocycles. The third-order valence-corrected chi connectivity index (χ3v) is 2.46. The van der Waals surface area contributed by atoms with Gasteiger partial charge < -0.3 is 4.42 Å². The lowest BCUT2D eigenvalue weighted by atomic mass is 9.97. The van der Waals surface area contributed by atoms with Gasteiger partial charge >= 0.3 is 0 Å². The van der Waals surface area contributed by atoms with E-state index in [0.717, 1.165) is 17.1 Å². The Morgan fingerprint density at radius 3 is 2.50 bits per heavy atom. The molecule has 1 aromatic heterocycles. The highest BCUT2D eigenvalue weighted by atomic mass is 16.3. The predicted molar refractivity (Wildman–Crippen MR) is 65.4 cm³/mol. The first-order chi connectivity index (χ1) is 7.47. The van der Waals surface area contributed by atoms with E-state index in [2.05, 4.69) is 50.9 Å². The van der Waals surface area contributed by atoms with Crippen LogP contribution >= 0.6 is 0 Å². The van der Waals surface area contributed by atoms with E-state index in [1.165, 1.54) is 5.56 Å². The zero-order valence-corrected chi connectivity index (χ0v) is 10.2. The summed E-state index contributed by atoms with van der Waals surface area (Å²) >= 11 is 0. The minimum atomic E-state index is -0.0396. The molecule has 2 rings (SSSR count). The van der Waals surface area contributed by atoms with E-state index in [9.17, 15) is 0 Å². The van der Waals surface area contributed by atoms with Crippen molar-refractivity contribution in [2.24, 2.45) is 0 Å². The maximum atomic E-state index is 5.51. The quantitative estimate of drug-likeness (QED) is 0.720. The molecule has 0 aliphatic heterocycles. The van der Waals surface area contributed by atoms with Crippen LogP contribution in [0.4, 0.5) is 0 Å². The fraction of sp³-hybridized carbons (Fsp3) is 0.357. The summed E-state index contributed by atoms with van der Waals surface area (Å²) in [6.45, 7) is 8.37. The number of rotatable bonds is 1. The summed E-state index contributed by atoms with van der Waals surface area (Å²) in [6.07, 6.45) is 1.73. The Morgan fingerprint density at radius 1 is 1.19 bits per heavy atom. The van der Waals surface area contributed by atoms with Gasteiger partial charge in [-0.3, -0.25) is 0 Å². The summed E-state index contributed by atoms with van der Waals surface area (Å²) in [5.74, 6) is 0.781. The van der Waals surface area contributed by atoms with Crippen LogP contribution in [0.3, 0.4) is 0 Å². The van der Waals surface area contributed by atoms with Crippen molar-refractivity contribution in [1.29, 1.82) is 0 Å². The van der Waals surface area contributed by atoms with Crippen LogP contribution < -0.4 is 0 Å². The number of oxazole rings is 1. The van der Waals surface area contributed by atoms with Crippen molar-refractivity contribution >= 4 is 0 Å². The lowest BCUT2D eigenvalue weighted by molar-refractivity contribution is 0.392. The van der Waals surface area contributed by atoms with Crippen molar-refractivity contribution in [2.75, 3.05) is 0 Å². The molecule has 1 aromatic carbocycles. The molecule has 0 fully saturated rings. The SMILES string of the molecule is Cc1cccc(-c2coc(C(C)(C)C)n2)c1. The van der Waals surface area contributed by atoms with Gasteiger partial charge in [0.2, 0.25) is 0 Å². The van der Waals surface area contributed by atoms with Crippen LogP contribution in [0.25, 0.3) is 11.3 Å². The van der Waals surface area contributed by atoms with Crippen molar-refractivity contribution in [3.05, 3.63) is 42.0 Å². The molecule has 2 nitrogen and oxygen atoms in total. The molecule has 2 aromatic rings. The molecule has 84 valence electrons. The van der Waals surface area contributed by atoms with Crippen LogP contribution in [0.2, 0.25) is 0 Å². The van der Waals surface area contributed by atoms with Gasteiger partial charge in [0.1, 0.15) is 12.0 Å². The second kappa shape index (κ2) is 3.78. The van der Waals surface area contributed by atoms with Gasteiger partial charge in [0.15, 0.2) is 5.89 Å². The van der Waals surface area contributed by atoms with Gasteiger partial charge in [0.05, 0.1) is 0 Å². The number of benzene rings is 1. The molecule has 0 bridgehead atoms. The fourth-order valence-corrected chi connectivity index (χ4v) is 1.56. The van der Waals surface area contributed by atoms with Crippen LogP contribution in [0.5, 0.6) is 0 Å². The van der Waals surface area contributed by atoms with Gasteiger partial charge in [-0.25, -0.2) is 4.98 Å². The molecule has 16 heavy (non-hydrogen) atoms. The van der Waals surface area contributed by atoms with E-state index in [1.807, 2.05) is 6.07 Å². The molecule has 0 amide bonds. The Balaban J connectivity index is 2.39. The lowest BCUT2D eigenvalue weighted by Crippen LogP contribution is -2.11. The average molecular weight is 215 g/mol. The first-order valence-electron chi connectivity index (χ1n) is 5.50. The molecular weight excluding hydrogens is 198 g/mol. The molecule has 0 radical (unpaired) electrons. The summed E-state index contributed by atoms with van der Waals surface area (Å²) in [5.41, 5.74) is 3.22. The first-order valence-corrected chi connectivity index (χ1v) is 5.50. The predicted octanol–water partition coefficient (Wildman–Crippen LogP) is 3.95. The van der Waals surface area contributed by atoms with E-state index in [-0.39, 0.29) is 5.41 Å². The maximum absolute atomic E-state index is 5.51. The van der Waals surface area contributed by atoms with E-state index < -0.39 is 0 Å². The average Bonchev–Trinajstić information content (AvgIpc) is 2.65. The molecular formula is C14H17NO. The van der Waals surface area contributed by atoms with Crippen LogP contribution in [0.1, 0.15) is 32.2 Å². The van der Waals surface area contributed by atoms with Crippen molar-refractivity contribution < 1.29 is 4.42 Å². The van der Waals surface area contributed by atoms with Gasteiger partial charge in [-0.2, -0.15) is 0 Å². The summed E-state index contributed by atoms with van der Waals surface area (Å²) < 4.78 is 5.51. The zero-order valence-electron chi connectivity index (χ0n) is 10.2. The number of aromatic nitrogens is 1. The molecule has 0 saturated heterocycles. The van der Waals surface area contributed by atoms with Gasteiger partial charge in [-0.1, -0.05) is 44.5 Å². The van der Waals surface area contributed by atoms with Crippen molar-refractivity contribution in [3.8, 4) is 11.3 Å². The summed E-state index contributed by atoms with van der Waals surface area (Å²) in [4.78, 5) is 4.53. The van der Waals surface area contributed by atoms with Crippen LogP contribution in [0, 0.1) is 6.92 Å². The Labute approximate surface area is 96.3 Å². The maximum Gasteiger partial charge on any atom is 0.199 e. The molecule has 0 spiro atoms. The second-order valence-corrected chi connectivity index (χ2v) is 5.16. The fourth-order valence-electron chi connectivity index (χ4n) is 1.56. The topological polar surface area (TPSA) is 26.0 Å². The van der Waals surface area contributed by atoms with Gasteiger partial charge in [0, 0.05) is 11.0 Å². The van der Waals surface area contributed by atoms with E-state index >= 15 is 0 Å². The van der Waals surface area contributed by atoms with Crippen LogP contribution in [-0.2, 0) is 5.41 Å². The first kappa shape index (κ1) is 10.9.